The predicted molar refractivity (Wildman–Crippen MR) is 70.4 cm³/mol. The van der Waals surface area contributed by atoms with E-state index in [9.17, 15) is 5.11 Å². The van der Waals surface area contributed by atoms with Crippen LogP contribution in [-0.4, -0.2) is 18.3 Å². The van der Waals surface area contributed by atoms with Crippen LogP contribution in [0, 0.1) is 5.41 Å². The van der Waals surface area contributed by atoms with Crippen molar-refractivity contribution in [3.8, 4) is 11.5 Å². The molecule has 0 fully saturated rings. The van der Waals surface area contributed by atoms with Gasteiger partial charge in [0.25, 0.3) is 0 Å². The molecule has 3 nitrogen and oxygen atoms in total. The number of benzene rings is 1. The van der Waals surface area contributed by atoms with E-state index >= 15 is 0 Å². The highest BCUT2D eigenvalue weighted by Gasteiger charge is 2.20. The number of rotatable bonds is 4. The lowest BCUT2D eigenvalue weighted by Gasteiger charge is -2.27. The molecule has 0 saturated heterocycles. The van der Waals surface area contributed by atoms with Crippen LogP contribution in [0.15, 0.2) is 18.2 Å². The lowest BCUT2D eigenvalue weighted by atomic mass is 9.84. The van der Waals surface area contributed by atoms with E-state index < -0.39 is 0 Å². The zero-order valence-electron chi connectivity index (χ0n) is 11.2. The fraction of sp³-hybridized carbons (Fsp3) is 0.571. The van der Waals surface area contributed by atoms with Crippen LogP contribution in [0.3, 0.4) is 0 Å². The first-order valence-corrected chi connectivity index (χ1v) is 5.96. The summed E-state index contributed by atoms with van der Waals surface area (Å²) in [6, 6.07) is 5.67. The molecule has 3 heteroatoms. The Balaban J connectivity index is 2.70. The summed E-state index contributed by atoms with van der Waals surface area (Å²) >= 11 is 0. The number of para-hydroxylation sites is 1. The van der Waals surface area contributed by atoms with Crippen molar-refractivity contribution < 1.29 is 9.84 Å². The van der Waals surface area contributed by atoms with Crippen molar-refractivity contribution >= 4 is 0 Å². The molecule has 0 bridgehead atoms. The quantitative estimate of drug-likeness (QED) is 0.846. The molecule has 17 heavy (non-hydrogen) atoms. The molecule has 1 aromatic rings. The van der Waals surface area contributed by atoms with Crippen LogP contribution in [0.2, 0.25) is 0 Å². The summed E-state index contributed by atoms with van der Waals surface area (Å²) in [5.41, 5.74) is 7.09. The number of ether oxygens (including phenoxy) is 1. The van der Waals surface area contributed by atoms with Crippen LogP contribution in [0.5, 0.6) is 11.5 Å². The van der Waals surface area contributed by atoms with Crippen LogP contribution >= 0.6 is 0 Å². The van der Waals surface area contributed by atoms with Gasteiger partial charge in [-0.1, -0.05) is 32.9 Å². The molecule has 96 valence electrons. The van der Waals surface area contributed by atoms with Crippen molar-refractivity contribution in [3.05, 3.63) is 23.8 Å². The first-order chi connectivity index (χ1) is 7.86. The van der Waals surface area contributed by atoms with Gasteiger partial charge in [-0.15, -0.1) is 0 Å². The lowest BCUT2D eigenvalue weighted by molar-refractivity contribution is 0.304. The number of hydrogen-bond acceptors (Lipinski definition) is 3. The fourth-order valence-corrected chi connectivity index (χ4v) is 1.68. The van der Waals surface area contributed by atoms with Crippen LogP contribution in [0.4, 0.5) is 0 Å². The highest BCUT2D eigenvalue weighted by atomic mass is 16.5. The Morgan fingerprint density at radius 3 is 2.53 bits per heavy atom. The van der Waals surface area contributed by atoms with Gasteiger partial charge in [0, 0.05) is 6.04 Å². The molecule has 1 atom stereocenters. The van der Waals surface area contributed by atoms with Crippen LogP contribution in [-0.2, 0) is 6.42 Å². The number of nitrogens with two attached hydrogens (primary N) is 1. The normalized spacial score (nSPS) is 13.5. The van der Waals surface area contributed by atoms with E-state index in [4.69, 9.17) is 10.5 Å². The summed E-state index contributed by atoms with van der Waals surface area (Å²) in [5, 5.41) is 9.94. The zero-order valence-corrected chi connectivity index (χ0v) is 11.2. The van der Waals surface area contributed by atoms with Crippen molar-refractivity contribution in [1.29, 1.82) is 0 Å². The van der Waals surface area contributed by atoms with Gasteiger partial charge in [0.15, 0.2) is 11.5 Å². The molecule has 0 heterocycles. The molecule has 0 aliphatic carbocycles. The van der Waals surface area contributed by atoms with Crippen molar-refractivity contribution in [2.75, 3.05) is 7.11 Å². The van der Waals surface area contributed by atoms with Crippen LogP contribution in [0.25, 0.3) is 0 Å². The Morgan fingerprint density at radius 2 is 2.00 bits per heavy atom. The van der Waals surface area contributed by atoms with E-state index in [1.165, 1.54) is 0 Å². The number of aromatic hydroxyl groups is 1. The number of methoxy groups -OCH3 is 1. The van der Waals surface area contributed by atoms with Crippen molar-refractivity contribution in [2.45, 2.75) is 39.7 Å². The molecule has 1 rings (SSSR count). The number of phenolic OH excluding ortho intramolecular Hbond substituents is 1. The molecule has 1 unspecified atom stereocenters. The molecule has 3 N–H and O–H groups in total. The molecular weight excluding hydrogens is 214 g/mol. The van der Waals surface area contributed by atoms with Gasteiger partial charge < -0.3 is 15.6 Å². The summed E-state index contributed by atoms with van der Waals surface area (Å²) in [6.07, 6.45) is 1.62. The Morgan fingerprint density at radius 1 is 1.35 bits per heavy atom. The third kappa shape index (κ3) is 3.63. The van der Waals surface area contributed by atoms with Gasteiger partial charge in [0.05, 0.1) is 7.11 Å². The highest BCUT2D eigenvalue weighted by Crippen LogP contribution is 2.31. The molecule has 0 spiro atoms. The van der Waals surface area contributed by atoms with E-state index in [2.05, 4.69) is 20.8 Å². The summed E-state index contributed by atoms with van der Waals surface area (Å²) in [4.78, 5) is 0. The van der Waals surface area contributed by atoms with E-state index in [1.54, 1.807) is 13.2 Å². The van der Waals surface area contributed by atoms with Crippen molar-refractivity contribution in [2.24, 2.45) is 11.1 Å². The summed E-state index contributed by atoms with van der Waals surface area (Å²) in [5.74, 6) is 0.753. The molecule has 0 radical (unpaired) electrons. The Bertz CT molecular complexity index is 369. The van der Waals surface area contributed by atoms with E-state index in [-0.39, 0.29) is 17.2 Å². The van der Waals surface area contributed by atoms with Crippen molar-refractivity contribution in [3.63, 3.8) is 0 Å². The Hall–Kier alpha value is -1.22. The molecule has 0 aliphatic rings. The van der Waals surface area contributed by atoms with Gasteiger partial charge in [0.1, 0.15) is 0 Å². The van der Waals surface area contributed by atoms with Gasteiger partial charge in [-0.25, -0.2) is 0 Å². The summed E-state index contributed by atoms with van der Waals surface area (Å²) in [7, 11) is 1.56. The second kappa shape index (κ2) is 5.41. The average molecular weight is 237 g/mol. The van der Waals surface area contributed by atoms with Crippen LogP contribution < -0.4 is 10.5 Å². The predicted octanol–water partition coefficient (Wildman–Crippen LogP) is 2.71. The zero-order chi connectivity index (χ0) is 13.1. The maximum atomic E-state index is 9.94. The smallest absolute Gasteiger partial charge is 0.160 e. The molecule has 0 aromatic heterocycles. The number of phenols is 1. The van der Waals surface area contributed by atoms with E-state index in [0.717, 1.165) is 18.4 Å². The minimum absolute atomic E-state index is 0.0918. The molecule has 0 saturated carbocycles. The Kier molecular flexibility index (Phi) is 4.40. The monoisotopic (exact) mass is 237 g/mol. The molecule has 0 aliphatic heterocycles. The van der Waals surface area contributed by atoms with Gasteiger partial charge in [-0.3, -0.25) is 0 Å². The van der Waals surface area contributed by atoms with Crippen molar-refractivity contribution in [1.82, 2.24) is 0 Å². The average Bonchev–Trinajstić information content (AvgIpc) is 2.26. The molecular formula is C14H23NO2. The van der Waals surface area contributed by atoms with Gasteiger partial charge in [-0.2, -0.15) is 0 Å². The standard InChI is InChI=1S/C14H23NO2/c1-14(2,3)12(15)9-8-10-6-5-7-11(17-4)13(10)16/h5-7,12,16H,8-9,15H2,1-4H3. The van der Waals surface area contributed by atoms with Gasteiger partial charge in [0.2, 0.25) is 0 Å². The van der Waals surface area contributed by atoms with E-state index in [0.29, 0.717) is 5.75 Å². The topological polar surface area (TPSA) is 55.5 Å². The molecule has 0 amide bonds. The second-order valence-electron chi connectivity index (χ2n) is 5.48. The minimum Gasteiger partial charge on any atom is -0.504 e. The maximum absolute atomic E-state index is 9.94. The third-order valence-electron chi connectivity index (χ3n) is 3.14. The maximum Gasteiger partial charge on any atom is 0.160 e. The first kappa shape index (κ1) is 13.8. The number of aryl methyl sites for hydroxylation is 1. The fourth-order valence-electron chi connectivity index (χ4n) is 1.68. The minimum atomic E-state index is 0.0918. The first-order valence-electron chi connectivity index (χ1n) is 5.96. The lowest BCUT2D eigenvalue weighted by Crippen LogP contribution is -2.35. The third-order valence-corrected chi connectivity index (χ3v) is 3.14. The van der Waals surface area contributed by atoms with Gasteiger partial charge >= 0.3 is 0 Å². The summed E-state index contributed by atoms with van der Waals surface area (Å²) < 4.78 is 5.08. The Labute approximate surface area is 104 Å². The molecule has 1 aromatic carbocycles. The highest BCUT2D eigenvalue weighted by molar-refractivity contribution is 5.45. The number of hydrogen-bond donors (Lipinski definition) is 2. The SMILES string of the molecule is COc1cccc(CCC(N)C(C)(C)C)c1O. The second-order valence-corrected chi connectivity index (χ2v) is 5.48. The summed E-state index contributed by atoms with van der Waals surface area (Å²) in [6.45, 7) is 6.38. The van der Waals surface area contributed by atoms with E-state index in [1.807, 2.05) is 12.1 Å². The van der Waals surface area contributed by atoms with Crippen LogP contribution in [0.1, 0.15) is 32.8 Å². The largest absolute Gasteiger partial charge is 0.504 e. The van der Waals surface area contributed by atoms with Gasteiger partial charge in [-0.05, 0) is 29.9 Å².